The third kappa shape index (κ3) is 7.64. The molecular weight excluding hydrogens is 616 g/mol. The van der Waals surface area contributed by atoms with Gasteiger partial charge in [-0.15, -0.1) is 0 Å². The van der Waals surface area contributed by atoms with E-state index in [1.165, 1.54) is 0 Å². The molecule has 4 saturated heterocycles. The Hall–Kier alpha value is -3.64. The topological polar surface area (TPSA) is 160 Å². The van der Waals surface area contributed by atoms with Crippen LogP contribution >= 0.6 is 0 Å². The van der Waals surface area contributed by atoms with Crippen LogP contribution in [-0.2, 0) is 28.5 Å². The normalized spacial score (nSPS) is 37.8. The van der Waals surface area contributed by atoms with E-state index in [-0.39, 0.29) is 71.5 Å². The van der Waals surface area contributed by atoms with Gasteiger partial charge in [0.15, 0.2) is 0 Å². The maximum absolute atomic E-state index is 12.5. The molecule has 8 atom stereocenters. The van der Waals surface area contributed by atoms with Crippen molar-refractivity contribution in [3.63, 3.8) is 0 Å². The zero-order valence-corrected chi connectivity index (χ0v) is 28.2. The van der Waals surface area contributed by atoms with E-state index >= 15 is 0 Å². The molecule has 0 aromatic rings. The molecule has 6 rings (SSSR count). The lowest BCUT2D eigenvalue weighted by Gasteiger charge is -2.20. The Labute approximate surface area is 282 Å². The molecule has 12 heteroatoms. The molecule has 0 aromatic heterocycles. The number of carbonyl (C=O) groups excluding carboxylic acids is 4. The van der Waals surface area contributed by atoms with Crippen LogP contribution in [-0.4, -0.2) is 85.8 Å². The second-order valence-electron chi connectivity index (χ2n) is 14.5. The summed E-state index contributed by atoms with van der Waals surface area (Å²) >= 11 is 0. The Morgan fingerprint density at radius 2 is 1.15 bits per heavy atom. The minimum atomic E-state index is -0.332. The highest BCUT2D eigenvalue weighted by atomic mass is 16.7. The van der Waals surface area contributed by atoms with Gasteiger partial charge in [0.1, 0.15) is 24.4 Å². The summed E-state index contributed by atoms with van der Waals surface area (Å²) in [5, 5.41) is 11.7. The van der Waals surface area contributed by atoms with Crippen molar-refractivity contribution in [1.29, 1.82) is 0 Å². The van der Waals surface area contributed by atoms with E-state index in [1.54, 1.807) is 0 Å². The first-order valence-corrected chi connectivity index (χ1v) is 17.5. The predicted octanol–water partition coefficient (Wildman–Crippen LogP) is 3.88. The first-order chi connectivity index (χ1) is 23.0. The second-order valence-corrected chi connectivity index (χ2v) is 14.5. The van der Waals surface area contributed by atoms with Crippen LogP contribution in [0.25, 0.3) is 0 Å². The molecule has 0 radical (unpaired) electrons. The van der Waals surface area contributed by atoms with Crippen LogP contribution in [0.15, 0.2) is 47.6 Å². The maximum Gasteiger partial charge on any atom is 0.334 e. The number of rotatable bonds is 9. The average Bonchev–Trinajstić information content (AvgIpc) is 3.86. The Balaban J connectivity index is 0.849. The Morgan fingerprint density at radius 3 is 1.56 bits per heavy atom. The van der Waals surface area contributed by atoms with Crippen molar-refractivity contribution in [3.05, 3.63) is 47.6 Å². The highest BCUT2D eigenvalue weighted by Gasteiger charge is 2.62. The zero-order chi connectivity index (χ0) is 34.1. The molecule has 4 amide bonds. The van der Waals surface area contributed by atoms with Crippen molar-refractivity contribution in [1.82, 2.24) is 21.3 Å². The van der Waals surface area contributed by atoms with E-state index in [0.29, 0.717) is 37.3 Å². The third-order valence-electron chi connectivity index (χ3n) is 11.0. The average molecular weight is 667 g/mol. The Kier molecular flexibility index (Phi) is 10.0. The Bertz CT molecular complexity index is 1300. The highest BCUT2D eigenvalue weighted by molar-refractivity contribution is 5.91. The number of hydrogen-bond acceptors (Lipinski definition) is 8. The SMILES string of the molecule is C=C1C(=O)O[C@H]2[C@H]1CC/C(CNC(=O)NCCCCNC(=O)NC/C1=C/CC[C@@]3(C)O[C@H]3[C@H]3OC(=O)C(=C)[C@@H]3CC1)=C\CC[C@@]1(C)O[C@@H]21. The molecule has 4 N–H and O–H groups in total. The summed E-state index contributed by atoms with van der Waals surface area (Å²) in [6, 6.07) is -0.476. The minimum Gasteiger partial charge on any atom is -0.455 e. The summed E-state index contributed by atoms with van der Waals surface area (Å²) in [4.78, 5) is 49.3. The summed E-state index contributed by atoms with van der Waals surface area (Å²) < 4.78 is 23.2. The number of carbonyl (C=O) groups is 4. The van der Waals surface area contributed by atoms with Gasteiger partial charge in [-0.25, -0.2) is 19.2 Å². The molecule has 4 fully saturated rings. The van der Waals surface area contributed by atoms with Crippen LogP contribution in [0.1, 0.15) is 78.1 Å². The zero-order valence-electron chi connectivity index (χ0n) is 28.2. The number of amides is 4. The molecule has 4 heterocycles. The largest absolute Gasteiger partial charge is 0.455 e. The van der Waals surface area contributed by atoms with Gasteiger partial charge < -0.3 is 40.2 Å². The van der Waals surface area contributed by atoms with Gasteiger partial charge in [-0.05, 0) is 78.1 Å². The lowest BCUT2D eigenvalue weighted by Crippen LogP contribution is -2.38. The number of fused-ring (bicyclic) bond motifs is 6. The summed E-state index contributed by atoms with van der Waals surface area (Å²) in [6.45, 7) is 13.9. The van der Waals surface area contributed by atoms with Gasteiger partial charge in [-0.3, -0.25) is 0 Å². The van der Waals surface area contributed by atoms with Crippen molar-refractivity contribution in [2.45, 2.75) is 114 Å². The highest BCUT2D eigenvalue weighted by Crippen LogP contribution is 2.51. The van der Waals surface area contributed by atoms with Gasteiger partial charge in [0.05, 0.1) is 11.2 Å². The van der Waals surface area contributed by atoms with Gasteiger partial charge >= 0.3 is 24.0 Å². The van der Waals surface area contributed by atoms with Gasteiger partial charge in [0.25, 0.3) is 0 Å². The maximum atomic E-state index is 12.5. The fourth-order valence-corrected chi connectivity index (χ4v) is 7.73. The van der Waals surface area contributed by atoms with Crippen molar-refractivity contribution in [2.75, 3.05) is 26.2 Å². The first kappa shape index (κ1) is 34.2. The number of allylic oxidation sites excluding steroid dienone is 2. The standard InChI is InChI=1S/C36H50N4O8/c1-21-25-13-11-23(9-7-15-35(3)29(47-35)27(25)45-31(21)41)19-39-33(43)37-17-5-6-18-38-34(44)40-20-24-10-8-16-36(4)30(48-36)28-26(14-12-24)22(2)32(42)46-28/h9-10,25-30H,1-2,5-8,11-20H2,3-4H3,(H2,37,39,43)(H2,38,40,44)/b23-9+,24-10+/t25-,26-,27-,28-,29-,30-,35+,36+/m0/s1. The monoisotopic (exact) mass is 666 g/mol. The number of unbranched alkanes of at least 4 members (excludes halogenated alkanes) is 1. The fraction of sp³-hybridized carbons (Fsp3) is 0.667. The molecule has 0 unspecified atom stereocenters. The molecule has 0 saturated carbocycles. The smallest absolute Gasteiger partial charge is 0.334 e. The van der Waals surface area contributed by atoms with Crippen LogP contribution < -0.4 is 21.3 Å². The van der Waals surface area contributed by atoms with E-state index in [4.69, 9.17) is 18.9 Å². The number of ether oxygens (including phenoxy) is 4. The quantitative estimate of drug-likeness (QED) is 0.0949. The van der Waals surface area contributed by atoms with E-state index in [0.717, 1.165) is 75.4 Å². The number of esters is 2. The van der Waals surface area contributed by atoms with Crippen LogP contribution in [0.4, 0.5) is 9.59 Å². The van der Waals surface area contributed by atoms with Crippen LogP contribution in [0, 0.1) is 11.8 Å². The van der Waals surface area contributed by atoms with Crippen LogP contribution in [0.3, 0.4) is 0 Å². The molecule has 0 bridgehead atoms. The summed E-state index contributed by atoms with van der Waals surface area (Å²) in [6.07, 6.45) is 11.3. The first-order valence-electron chi connectivity index (χ1n) is 17.5. The molecule has 6 aliphatic rings. The predicted molar refractivity (Wildman–Crippen MR) is 177 cm³/mol. The molecule has 262 valence electrons. The summed E-state index contributed by atoms with van der Waals surface area (Å²) in [5.74, 6) is -0.808. The molecule has 12 nitrogen and oxygen atoms in total. The number of urea groups is 2. The van der Waals surface area contributed by atoms with E-state index in [1.807, 2.05) is 0 Å². The van der Waals surface area contributed by atoms with Crippen LogP contribution in [0.5, 0.6) is 0 Å². The summed E-state index contributed by atoms with van der Waals surface area (Å²) in [7, 11) is 0. The van der Waals surface area contributed by atoms with E-state index in [2.05, 4.69) is 60.4 Å². The molecule has 0 spiro atoms. The van der Waals surface area contributed by atoms with E-state index in [9.17, 15) is 19.2 Å². The van der Waals surface area contributed by atoms with Gasteiger partial charge in [-0.2, -0.15) is 0 Å². The van der Waals surface area contributed by atoms with Gasteiger partial charge in [-0.1, -0.05) is 36.5 Å². The third-order valence-corrected chi connectivity index (χ3v) is 11.0. The van der Waals surface area contributed by atoms with Crippen molar-refractivity contribution in [3.8, 4) is 0 Å². The van der Waals surface area contributed by atoms with Gasteiger partial charge in [0.2, 0.25) is 0 Å². The molecule has 0 aromatic carbocycles. The number of epoxide rings is 2. The van der Waals surface area contributed by atoms with Crippen molar-refractivity contribution >= 4 is 24.0 Å². The van der Waals surface area contributed by atoms with Crippen molar-refractivity contribution in [2.24, 2.45) is 11.8 Å². The minimum absolute atomic E-state index is 0.0723. The van der Waals surface area contributed by atoms with Crippen molar-refractivity contribution < 1.29 is 38.1 Å². The summed E-state index contributed by atoms with van der Waals surface area (Å²) in [5.41, 5.74) is 2.68. The lowest BCUT2D eigenvalue weighted by molar-refractivity contribution is -0.140. The van der Waals surface area contributed by atoms with Gasteiger partial charge in [0, 0.05) is 49.2 Å². The lowest BCUT2D eigenvalue weighted by atomic mass is 9.84. The molecular formula is C36H50N4O8. The fourth-order valence-electron chi connectivity index (χ4n) is 7.73. The molecule has 4 aliphatic heterocycles. The molecule has 48 heavy (non-hydrogen) atoms. The van der Waals surface area contributed by atoms with Crippen LogP contribution in [0.2, 0.25) is 0 Å². The second kappa shape index (κ2) is 14.1. The molecule has 2 aliphatic carbocycles. The number of nitrogens with one attached hydrogen (secondary N) is 4. The van der Waals surface area contributed by atoms with E-state index < -0.39 is 0 Å². The number of hydrogen-bond donors (Lipinski definition) is 4. The Morgan fingerprint density at radius 1 is 0.729 bits per heavy atom.